The smallest absolute Gasteiger partial charge is 0.336 e. The molecule has 1 aliphatic rings. The summed E-state index contributed by atoms with van der Waals surface area (Å²) < 4.78 is 15.6. The van der Waals surface area contributed by atoms with Gasteiger partial charge in [0, 0.05) is 17.2 Å². The molecule has 0 saturated heterocycles. The number of fused-ring (bicyclic) bond motifs is 1. The van der Waals surface area contributed by atoms with Crippen molar-refractivity contribution in [3.8, 4) is 17.2 Å². The van der Waals surface area contributed by atoms with Crippen molar-refractivity contribution in [3.63, 3.8) is 0 Å². The minimum absolute atomic E-state index is 0.206. The molecule has 112 valence electrons. The Morgan fingerprint density at radius 2 is 1.91 bits per heavy atom. The predicted octanol–water partition coefficient (Wildman–Crippen LogP) is 4.34. The molecule has 2 aromatic rings. The van der Waals surface area contributed by atoms with Crippen LogP contribution in [0.1, 0.15) is 5.56 Å². The average Bonchev–Trinajstić information content (AvgIpc) is 2.96. The van der Waals surface area contributed by atoms with Crippen molar-refractivity contribution in [2.75, 3.05) is 6.79 Å². The zero-order valence-corrected chi connectivity index (χ0v) is 12.7. The highest BCUT2D eigenvalue weighted by molar-refractivity contribution is 6.34. The Morgan fingerprint density at radius 1 is 1.09 bits per heavy atom. The summed E-state index contributed by atoms with van der Waals surface area (Å²) in [6.45, 7) is 0.206. The lowest BCUT2D eigenvalue weighted by Crippen LogP contribution is -2.04. The number of ether oxygens (including phenoxy) is 3. The zero-order chi connectivity index (χ0) is 15.5. The molecule has 6 heteroatoms. The van der Waals surface area contributed by atoms with E-state index in [1.807, 2.05) is 6.07 Å². The van der Waals surface area contributed by atoms with Crippen molar-refractivity contribution < 1.29 is 19.0 Å². The summed E-state index contributed by atoms with van der Waals surface area (Å²) in [5.74, 6) is 0.996. The molecule has 1 heterocycles. The van der Waals surface area contributed by atoms with Crippen molar-refractivity contribution >= 4 is 35.2 Å². The molecule has 0 atom stereocenters. The zero-order valence-electron chi connectivity index (χ0n) is 11.2. The summed E-state index contributed by atoms with van der Waals surface area (Å²) in [6, 6.07) is 10.0. The third-order valence-corrected chi connectivity index (χ3v) is 3.46. The van der Waals surface area contributed by atoms with Gasteiger partial charge in [-0.15, -0.1) is 0 Å². The number of rotatable bonds is 3. The Morgan fingerprint density at radius 3 is 2.77 bits per heavy atom. The van der Waals surface area contributed by atoms with Crippen LogP contribution in [0, 0.1) is 0 Å². The van der Waals surface area contributed by atoms with Crippen LogP contribution in [0.2, 0.25) is 10.0 Å². The monoisotopic (exact) mass is 336 g/mol. The van der Waals surface area contributed by atoms with Gasteiger partial charge in [0.2, 0.25) is 6.79 Å². The van der Waals surface area contributed by atoms with Gasteiger partial charge in [-0.2, -0.15) is 0 Å². The first-order valence-electron chi connectivity index (χ1n) is 6.36. The third-order valence-electron chi connectivity index (χ3n) is 2.91. The molecule has 0 unspecified atom stereocenters. The molecule has 0 spiro atoms. The van der Waals surface area contributed by atoms with E-state index in [9.17, 15) is 4.79 Å². The van der Waals surface area contributed by atoms with Gasteiger partial charge in [0.25, 0.3) is 0 Å². The van der Waals surface area contributed by atoms with E-state index in [1.165, 1.54) is 12.1 Å². The molecule has 3 rings (SSSR count). The maximum absolute atomic E-state index is 11.8. The van der Waals surface area contributed by atoms with E-state index in [4.69, 9.17) is 37.4 Å². The van der Waals surface area contributed by atoms with Crippen LogP contribution < -0.4 is 14.2 Å². The largest absolute Gasteiger partial charge is 0.454 e. The molecule has 2 aromatic carbocycles. The molecule has 0 fully saturated rings. The number of halogens is 2. The summed E-state index contributed by atoms with van der Waals surface area (Å²) in [5.41, 5.74) is 0.790. The molecule has 4 nitrogen and oxygen atoms in total. The van der Waals surface area contributed by atoms with Crippen molar-refractivity contribution in [1.29, 1.82) is 0 Å². The lowest BCUT2D eigenvalue weighted by Gasteiger charge is -2.04. The second-order valence-corrected chi connectivity index (χ2v) is 5.29. The summed E-state index contributed by atoms with van der Waals surface area (Å²) in [5, 5.41) is 0.751. The molecular weight excluding hydrogens is 327 g/mol. The minimum atomic E-state index is -0.554. The third kappa shape index (κ3) is 3.35. The Balaban J connectivity index is 1.70. The van der Waals surface area contributed by atoms with Crippen LogP contribution >= 0.6 is 23.2 Å². The van der Waals surface area contributed by atoms with Crippen LogP contribution in [-0.2, 0) is 4.79 Å². The highest BCUT2D eigenvalue weighted by atomic mass is 35.5. The SMILES string of the molecule is O=C(/C=C/c1ccc2c(c1)OCO2)Oc1cc(Cl)ccc1Cl. The molecular formula is C16H10Cl2O4. The van der Waals surface area contributed by atoms with Gasteiger partial charge in [0.05, 0.1) is 5.02 Å². The Kier molecular flexibility index (Phi) is 4.22. The molecule has 1 aliphatic heterocycles. The van der Waals surface area contributed by atoms with Gasteiger partial charge in [-0.25, -0.2) is 4.79 Å². The maximum Gasteiger partial charge on any atom is 0.336 e. The van der Waals surface area contributed by atoms with Gasteiger partial charge >= 0.3 is 5.97 Å². The number of hydrogen-bond acceptors (Lipinski definition) is 4. The van der Waals surface area contributed by atoms with E-state index in [1.54, 1.807) is 30.3 Å². The fourth-order valence-corrected chi connectivity index (χ4v) is 2.20. The quantitative estimate of drug-likeness (QED) is 0.475. The fraction of sp³-hybridized carbons (Fsp3) is 0.0625. The number of esters is 1. The summed E-state index contributed by atoms with van der Waals surface area (Å²) in [6.07, 6.45) is 2.91. The van der Waals surface area contributed by atoms with Crippen LogP contribution in [0.4, 0.5) is 0 Å². The predicted molar refractivity (Wildman–Crippen MR) is 83.7 cm³/mol. The van der Waals surface area contributed by atoms with Gasteiger partial charge in [-0.1, -0.05) is 29.3 Å². The number of carbonyl (C=O) groups excluding carboxylic acids is 1. The number of benzene rings is 2. The number of carbonyl (C=O) groups is 1. The molecule has 0 aliphatic carbocycles. The van der Waals surface area contributed by atoms with E-state index in [2.05, 4.69) is 0 Å². The highest BCUT2D eigenvalue weighted by Crippen LogP contribution is 2.33. The van der Waals surface area contributed by atoms with Gasteiger partial charge in [0.1, 0.15) is 0 Å². The number of hydrogen-bond donors (Lipinski definition) is 0. The van der Waals surface area contributed by atoms with E-state index in [0.717, 1.165) is 5.56 Å². The average molecular weight is 337 g/mol. The Hall–Kier alpha value is -2.17. The van der Waals surface area contributed by atoms with Gasteiger partial charge < -0.3 is 14.2 Å². The molecule has 0 saturated carbocycles. The first-order valence-corrected chi connectivity index (χ1v) is 7.12. The van der Waals surface area contributed by atoms with Crippen LogP contribution in [0.3, 0.4) is 0 Å². The Labute approximate surface area is 136 Å². The van der Waals surface area contributed by atoms with Crippen molar-refractivity contribution in [1.82, 2.24) is 0 Å². The summed E-state index contributed by atoms with van der Waals surface area (Å²) >= 11 is 11.8. The molecule has 22 heavy (non-hydrogen) atoms. The first-order chi connectivity index (χ1) is 10.6. The lowest BCUT2D eigenvalue weighted by molar-refractivity contribution is -0.128. The molecule has 0 aromatic heterocycles. The summed E-state index contributed by atoms with van der Waals surface area (Å²) in [4.78, 5) is 11.8. The van der Waals surface area contributed by atoms with E-state index in [-0.39, 0.29) is 12.5 Å². The van der Waals surface area contributed by atoms with Gasteiger partial charge in [-0.05, 0) is 35.9 Å². The van der Waals surface area contributed by atoms with Crippen LogP contribution in [0.5, 0.6) is 17.2 Å². The van der Waals surface area contributed by atoms with Crippen LogP contribution in [-0.4, -0.2) is 12.8 Å². The van der Waals surface area contributed by atoms with Gasteiger partial charge in [-0.3, -0.25) is 0 Å². The standard InChI is InChI=1S/C16H10Cl2O4/c17-11-3-4-12(18)14(8-11)22-16(19)6-2-10-1-5-13-15(7-10)21-9-20-13/h1-8H,9H2/b6-2+. The molecule has 0 amide bonds. The Bertz CT molecular complexity index is 756. The minimum Gasteiger partial charge on any atom is -0.454 e. The fourth-order valence-electron chi connectivity index (χ4n) is 1.88. The van der Waals surface area contributed by atoms with E-state index >= 15 is 0 Å². The van der Waals surface area contributed by atoms with Crippen molar-refractivity contribution in [3.05, 3.63) is 58.1 Å². The highest BCUT2D eigenvalue weighted by Gasteiger charge is 2.12. The van der Waals surface area contributed by atoms with Crippen molar-refractivity contribution in [2.24, 2.45) is 0 Å². The van der Waals surface area contributed by atoms with E-state index < -0.39 is 5.97 Å². The molecule has 0 radical (unpaired) electrons. The normalized spacial score (nSPS) is 12.6. The van der Waals surface area contributed by atoms with Crippen molar-refractivity contribution in [2.45, 2.75) is 0 Å². The topological polar surface area (TPSA) is 44.8 Å². The van der Waals surface area contributed by atoms with Crippen LogP contribution in [0.25, 0.3) is 6.08 Å². The van der Waals surface area contributed by atoms with E-state index in [0.29, 0.717) is 21.5 Å². The summed E-state index contributed by atoms with van der Waals surface area (Å²) in [7, 11) is 0. The maximum atomic E-state index is 11.8. The second-order valence-electron chi connectivity index (χ2n) is 4.44. The van der Waals surface area contributed by atoms with Crippen LogP contribution in [0.15, 0.2) is 42.5 Å². The van der Waals surface area contributed by atoms with Gasteiger partial charge in [0.15, 0.2) is 17.2 Å². The first kappa shape index (κ1) is 14.8. The molecule has 0 N–H and O–H groups in total. The lowest BCUT2D eigenvalue weighted by atomic mass is 10.2. The molecule has 0 bridgehead atoms. The second kappa shape index (κ2) is 6.30.